The lowest BCUT2D eigenvalue weighted by Crippen LogP contribution is -2.29. The van der Waals surface area contributed by atoms with Gasteiger partial charge in [0, 0.05) is 15.8 Å². The van der Waals surface area contributed by atoms with Crippen molar-refractivity contribution in [1.82, 2.24) is 5.43 Å². The molecular formula is C13H19BrN2OS. The predicted octanol–water partition coefficient (Wildman–Crippen LogP) is 3.33. The summed E-state index contributed by atoms with van der Waals surface area (Å²) >= 11 is 5.41. The average Bonchev–Trinajstić information content (AvgIpc) is 2.39. The molecule has 0 aliphatic heterocycles. The van der Waals surface area contributed by atoms with Crippen molar-refractivity contribution in [3.05, 3.63) is 33.8 Å². The van der Waals surface area contributed by atoms with E-state index in [2.05, 4.69) is 35.2 Å². The Bertz CT molecular complexity index is 412. The van der Waals surface area contributed by atoms with Crippen molar-refractivity contribution in [3.8, 4) is 0 Å². The van der Waals surface area contributed by atoms with Crippen molar-refractivity contribution >= 4 is 33.6 Å². The number of nitrogen functional groups attached to an aromatic ring is 1. The fourth-order valence-electron chi connectivity index (χ4n) is 1.38. The van der Waals surface area contributed by atoms with Gasteiger partial charge in [0.2, 0.25) is 0 Å². The average molecular weight is 331 g/mol. The molecule has 3 nitrogen and oxygen atoms in total. The molecule has 0 spiro atoms. The van der Waals surface area contributed by atoms with Crippen LogP contribution in [0.5, 0.6) is 0 Å². The van der Waals surface area contributed by atoms with E-state index < -0.39 is 0 Å². The Balaban J connectivity index is 2.60. The third-order valence-electron chi connectivity index (χ3n) is 2.80. The van der Waals surface area contributed by atoms with Crippen LogP contribution in [-0.2, 0) is 5.75 Å². The van der Waals surface area contributed by atoms with Crippen LogP contribution in [0.2, 0.25) is 0 Å². The number of thioether (sulfide) groups is 1. The molecule has 3 N–H and O–H groups in total. The van der Waals surface area contributed by atoms with Gasteiger partial charge in [-0.05, 0) is 29.4 Å². The highest BCUT2D eigenvalue weighted by Gasteiger charge is 2.07. The van der Waals surface area contributed by atoms with Crippen molar-refractivity contribution in [2.45, 2.75) is 26.0 Å². The zero-order valence-electron chi connectivity index (χ0n) is 10.7. The molecule has 0 aromatic heterocycles. The number of hydrogen-bond acceptors (Lipinski definition) is 3. The second-order valence-corrected chi connectivity index (χ2v) is 6.19. The fraction of sp³-hybridized carbons (Fsp3) is 0.462. The number of rotatable bonds is 6. The van der Waals surface area contributed by atoms with Crippen molar-refractivity contribution in [2.24, 2.45) is 11.8 Å². The first-order valence-corrected chi connectivity index (χ1v) is 7.90. The highest BCUT2D eigenvalue weighted by molar-refractivity contribution is 9.10. The van der Waals surface area contributed by atoms with E-state index in [0.29, 0.717) is 5.56 Å². The lowest BCUT2D eigenvalue weighted by atomic mass is 10.1. The second-order valence-electron chi connectivity index (χ2n) is 4.31. The van der Waals surface area contributed by atoms with Crippen LogP contribution in [-0.4, -0.2) is 11.7 Å². The smallest absolute Gasteiger partial charge is 0.265 e. The maximum absolute atomic E-state index is 11.4. The molecule has 100 valence electrons. The van der Waals surface area contributed by atoms with Crippen LogP contribution in [0.25, 0.3) is 0 Å². The van der Waals surface area contributed by atoms with Crippen LogP contribution in [0.4, 0.5) is 0 Å². The van der Waals surface area contributed by atoms with Crippen LogP contribution >= 0.6 is 27.7 Å². The van der Waals surface area contributed by atoms with E-state index in [-0.39, 0.29) is 5.91 Å². The van der Waals surface area contributed by atoms with Crippen LogP contribution in [0, 0.1) is 5.92 Å². The maximum Gasteiger partial charge on any atom is 0.265 e. The second kappa shape index (κ2) is 7.81. The highest BCUT2D eigenvalue weighted by atomic mass is 79.9. The minimum absolute atomic E-state index is 0.269. The summed E-state index contributed by atoms with van der Waals surface area (Å²) in [7, 11) is 0. The molecule has 1 amide bonds. The van der Waals surface area contributed by atoms with Crippen LogP contribution in [0.3, 0.4) is 0 Å². The third kappa shape index (κ3) is 4.63. The van der Waals surface area contributed by atoms with Gasteiger partial charge >= 0.3 is 0 Å². The Labute approximate surface area is 121 Å². The van der Waals surface area contributed by atoms with Gasteiger partial charge in [-0.1, -0.05) is 42.3 Å². The van der Waals surface area contributed by atoms with E-state index in [9.17, 15) is 4.79 Å². The van der Waals surface area contributed by atoms with Crippen molar-refractivity contribution in [2.75, 3.05) is 5.75 Å². The first-order valence-electron chi connectivity index (χ1n) is 5.95. The van der Waals surface area contributed by atoms with Gasteiger partial charge in [0.1, 0.15) is 0 Å². The third-order valence-corrected chi connectivity index (χ3v) is 4.86. The number of benzene rings is 1. The minimum Gasteiger partial charge on any atom is -0.290 e. The van der Waals surface area contributed by atoms with Gasteiger partial charge in [-0.15, -0.1) is 0 Å². The molecule has 1 rings (SSSR count). The monoisotopic (exact) mass is 330 g/mol. The molecule has 0 aliphatic carbocycles. The Morgan fingerprint density at radius 2 is 2.28 bits per heavy atom. The standard InChI is InChI=1S/C13H19BrN2OS/c1-3-9(2)7-18-8-11-5-4-10(6-12(11)14)13(17)16-15/h4-6,9H,3,7-8,15H2,1-2H3,(H,16,17). The normalized spacial score (nSPS) is 12.2. The number of hydrogen-bond donors (Lipinski definition) is 2. The van der Waals surface area contributed by atoms with E-state index in [4.69, 9.17) is 5.84 Å². The van der Waals surface area contributed by atoms with Gasteiger partial charge in [-0.2, -0.15) is 11.8 Å². The summed E-state index contributed by atoms with van der Waals surface area (Å²) in [4.78, 5) is 11.4. The molecule has 1 aromatic rings. The lowest BCUT2D eigenvalue weighted by Gasteiger charge is -2.09. The van der Waals surface area contributed by atoms with Crippen molar-refractivity contribution in [3.63, 3.8) is 0 Å². The van der Waals surface area contributed by atoms with E-state index in [1.165, 1.54) is 12.0 Å². The number of nitrogens with one attached hydrogen (secondary N) is 1. The summed E-state index contributed by atoms with van der Waals surface area (Å²) in [5.74, 6) is 7.69. The molecule has 18 heavy (non-hydrogen) atoms. The largest absolute Gasteiger partial charge is 0.290 e. The number of carbonyl (C=O) groups is 1. The number of nitrogens with two attached hydrogens (primary N) is 1. The number of hydrazine groups is 1. The summed E-state index contributed by atoms with van der Waals surface area (Å²) in [5.41, 5.74) is 3.90. The summed E-state index contributed by atoms with van der Waals surface area (Å²) in [5, 5.41) is 0. The van der Waals surface area contributed by atoms with E-state index in [0.717, 1.165) is 21.9 Å². The molecule has 0 aliphatic rings. The summed E-state index contributed by atoms with van der Waals surface area (Å²) < 4.78 is 0.959. The topological polar surface area (TPSA) is 55.1 Å². The van der Waals surface area contributed by atoms with Gasteiger partial charge in [0.05, 0.1) is 0 Å². The van der Waals surface area contributed by atoms with Crippen LogP contribution in [0.15, 0.2) is 22.7 Å². The van der Waals surface area contributed by atoms with Gasteiger partial charge in [-0.3, -0.25) is 10.2 Å². The molecular weight excluding hydrogens is 312 g/mol. The quantitative estimate of drug-likeness (QED) is 0.478. The predicted molar refractivity (Wildman–Crippen MR) is 81.4 cm³/mol. The zero-order valence-corrected chi connectivity index (χ0v) is 13.1. The summed E-state index contributed by atoms with van der Waals surface area (Å²) in [6.07, 6.45) is 1.21. The van der Waals surface area contributed by atoms with Gasteiger partial charge in [0.25, 0.3) is 5.91 Å². The Morgan fingerprint density at radius 1 is 1.56 bits per heavy atom. The van der Waals surface area contributed by atoms with E-state index in [1.54, 1.807) is 12.1 Å². The van der Waals surface area contributed by atoms with Gasteiger partial charge < -0.3 is 0 Å². The Hall–Kier alpha value is -0.520. The molecule has 0 heterocycles. The van der Waals surface area contributed by atoms with Crippen LogP contribution in [0.1, 0.15) is 36.2 Å². The van der Waals surface area contributed by atoms with Gasteiger partial charge in [-0.25, -0.2) is 5.84 Å². The molecule has 0 saturated heterocycles. The first kappa shape index (κ1) is 15.5. The minimum atomic E-state index is -0.269. The highest BCUT2D eigenvalue weighted by Crippen LogP contribution is 2.24. The summed E-state index contributed by atoms with van der Waals surface area (Å²) in [6, 6.07) is 5.58. The molecule has 0 radical (unpaired) electrons. The fourth-order valence-corrected chi connectivity index (χ4v) is 3.31. The van der Waals surface area contributed by atoms with E-state index >= 15 is 0 Å². The molecule has 1 aromatic carbocycles. The Morgan fingerprint density at radius 3 is 2.83 bits per heavy atom. The number of amides is 1. The van der Waals surface area contributed by atoms with Crippen molar-refractivity contribution in [1.29, 1.82) is 0 Å². The number of halogens is 1. The number of carbonyl (C=O) groups excluding carboxylic acids is 1. The molecule has 1 atom stereocenters. The molecule has 5 heteroatoms. The van der Waals surface area contributed by atoms with Crippen LogP contribution < -0.4 is 11.3 Å². The SMILES string of the molecule is CCC(C)CSCc1ccc(C(=O)NN)cc1Br. The zero-order chi connectivity index (χ0) is 13.5. The van der Waals surface area contributed by atoms with E-state index in [1.807, 2.05) is 17.8 Å². The maximum atomic E-state index is 11.4. The Kier molecular flexibility index (Phi) is 6.75. The molecule has 0 bridgehead atoms. The molecule has 0 saturated carbocycles. The molecule has 1 unspecified atom stereocenters. The first-order chi connectivity index (χ1) is 8.58. The van der Waals surface area contributed by atoms with Gasteiger partial charge in [0.15, 0.2) is 0 Å². The lowest BCUT2D eigenvalue weighted by molar-refractivity contribution is 0.0953. The molecule has 0 fully saturated rings. The van der Waals surface area contributed by atoms with Crippen molar-refractivity contribution < 1.29 is 4.79 Å². The summed E-state index contributed by atoms with van der Waals surface area (Å²) in [6.45, 7) is 4.47.